The lowest BCUT2D eigenvalue weighted by atomic mass is 10.1. The number of hydrogen-bond acceptors (Lipinski definition) is 3. The normalized spacial score (nSPS) is 11.8. The van der Waals surface area contributed by atoms with Crippen LogP contribution in [0.1, 0.15) is 22.5 Å². The topological polar surface area (TPSA) is 53.7 Å². The molecular weight excluding hydrogens is 361 g/mol. The molecule has 142 valence electrons. The number of guanidine groups is 1. The molecule has 5 nitrogen and oxygen atoms in total. The third kappa shape index (κ3) is 4.80. The van der Waals surface area contributed by atoms with E-state index in [0.29, 0.717) is 19.0 Å². The van der Waals surface area contributed by atoms with E-state index in [4.69, 9.17) is 0 Å². The number of aryl methyl sites for hydroxylation is 1. The fourth-order valence-corrected chi connectivity index (χ4v) is 3.49. The van der Waals surface area contributed by atoms with E-state index in [2.05, 4.69) is 38.0 Å². The molecule has 0 amide bonds. The molecule has 0 aliphatic heterocycles. The van der Waals surface area contributed by atoms with Gasteiger partial charge in [-0.15, -0.1) is 0 Å². The second-order valence-electron chi connectivity index (χ2n) is 6.25. The van der Waals surface area contributed by atoms with Gasteiger partial charge in [0.25, 0.3) is 0 Å². The number of imidazole rings is 1. The lowest BCUT2D eigenvalue weighted by Gasteiger charge is -2.13. The summed E-state index contributed by atoms with van der Waals surface area (Å²) in [6, 6.07) is 11.0. The first kappa shape index (κ1) is 19.2. The first-order valence-corrected chi connectivity index (χ1v) is 10.1. The highest BCUT2D eigenvalue weighted by Crippen LogP contribution is 2.16. The fourth-order valence-electron chi connectivity index (χ4n) is 2.91. The maximum atomic E-state index is 13.5. The zero-order chi connectivity index (χ0) is 19.2. The van der Waals surface area contributed by atoms with Crippen molar-refractivity contribution in [3.8, 4) is 0 Å². The van der Waals surface area contributed by atoms with Crippen LogP contribution in [0.2, 0.25) is 0 Å². The number of pyridine rings is 1. The van der Waals surface area contributed by atoms with E-state index in [1.807, 2.05) is 30.7 Å². The van der Waals surface area contributed by atoms with E-state index in [1.165, 1.54) is 6.07 Å². The number of benzene rings is 1. The molecule has 27 heavy (non-hydrogen) atoms. The second-order valence-corrected chi connectivity index (χ2v) is 7.12. The van der Waals surface area contributed by atoms with Crippen LogP contribution in [0, 0.1) is 12.7 Å². The summed E-state index contributed by atoms with van der Waals surface area (Å²) >= 11 is 1.68. The van der Waals surface area contributed by atoms with Crippen LogP contribution in [0.15, 0.2) is 47.6 Å². The summed E-state index contributed by atoms with van der Waals surface area (Å²) in [5.41, 5.74) is 5.09. The summed E-state index contributed by atoms with van der Waals surface area (Å²) in [5, 5.41) is 6.57. The highest BCUT2D eigenvalue weighted by Gasteiger charge is 2.07. The zero-order valence-corrected chi connectivity index (χ0v) is 16.6. The minimum Gasteiger partial charge on any atom is -0.352 e. The van der Waals surface area contributed by atoms with E-state index in [1.54, 1.807) is 24.9 Å². The van der Waals surface area contributed by atoms with Crippen molar-refractivity contribution in [2.75, 3.05) is 13.3 Å². The third-order valence-corrected chi connectivity index (χ3v) is 4.92. The first-order chi connectivity index (χ1) is 13.1. The Morgan fingerprint density at radius 1 is 1.19 bits per heavy atom. The number of hydrogen-bond donors (Lipinski definition) is 2. The predicted molar refractivity (Wildman–Crippen MR) is 111 cm³/mol. The van der Waals surface area contributed by atoms with Crippen molar-refractivity contribution in [3.05, 3.63) is 70.9 Å². The highest BCUT2D eigenvalue weighted by molar-refractivity contribution is 7.97. The van der Waals surface area contributed by atoms with Crippen LogP contribution in [-0.4, -0.2) is 28.6 Å². The lowest BCUT2D eigenvalue weighted by Crippen LogP contribution is -2.36. The van der Waals surface area contributed by atoms with Crippen LogP contribution in [-0.2, 0) is 18.8 Å². The predicted octanol–water partition coefficient (Wildman–Crippen LogP) is 3.51. The van der Waals surface area contributed by atoms with E-state index in [0.717, 1.165) is 33.9 Å². The Morgan fingerprint density at radius 2 is 2.00 bits per heavy atom. The van der Waals surface area contributed by atoms with Gasteiger partial charge in [0.05, 0.1) is 12.2 Å². The molecule has 2 heterocycles. The summed E-state index contributed by atoms with van der Waals surface area (Å²) in [7, 11) is 1.73. The monoisotopic (exact) mass is 385 g/mol. The molecule has 2 N–H and O–H groups in total. The highest BCUT2D eigenvalue weighted by atomic mass is 32.2. The number of fused-ring (bicyclic) bond motifs is 1. The van der Waals surface area contributed by atoms with Gasteiger partial charge < -0.3 is 15.0 Å². The molecule has 7 heteroatoms. The zero-order valence-electron chi connectivity index (χ0n) is 15.8. The van der Waals surface area contributed by atoms with Gasteiger partial charge >= 0.3 is 0 Å². The van der Waals surface area contributed by atoms with Crippen LogP contribution in [0.5, 0.6) is 0 Å². The number of rotatable bonds is 6. The minimum absolute atomic E-state index is 0.201. The summed E-state index contributed by atoms with van der Waals surface area (Å²) in [6.45, 7) is 3.21. The fraction of sp³-hybridized carbons (Fsp3) is 0.300. The van der Waals surface area contributed by atoms with Crippen molar-refractivity contribution in [2.45, 2.75) is 25.8 Å². The standard InChI is InChI=1S/C20H24FN5S/c1-14-5-4-6-19-25-18(12-26(14)19)11-24-20(22-2)23-10-15-7-8-17(21)9-16(15)13-27-3/h4-9,12H,10-11,13H2,1-3H3,(H2,22,23,24). The largest absolute Gasteiger partial charge is 0.352 e. The molecule has 0 unspecified atom stereocenters. The Labute approximate surface area is 163 Å². The number of thioether (sulfide) groups is 1. The molecule has 3 rings (SSSR count). The Bertz CT molecular complexity index is 951. The van der Waals surface area contributed by atoms with Crippen molar-refractivity contribution in [1.29, 1.82) is 0 Å². The van der Waals surface area contributed by atoms with Crippen LogP contribution >= 0.6 is 11.8 Å². The van der Waals surface area contributed by atoms with Gasteiger partial charge in [-0.1, -0.05) is 12.1 Å². The van der Waals surface area contributed by atoms with E-state index in [-0.39, 0.29) is 5.82 Å². The first-order valence-electron chi connectivity index (χ1n) is 8.75. The number of halogens is 1. The average Bonchev–Trinajstić information content (AvgIpc) is 3.08. The summed E-state index contributed by atoms with van der Waals surface area (Å²) < 4.78 is 15.6. The van der Waals surface area contributed by atoms with Gasteiger partial charge in [-0.05, 0) is 48.6 Å². The van der Waals surface area contributed by atoms with E-state index >= 15 is 0 Å². The molecule has 0 aliphatic rings. The smallest absolute Gasteiger partial charge is 0.191 e. The van der Waals surface area contributed by atoms with Crippen LogP contribution in [0.4, 0.5) is 4.39 Å². The molecule has 1 aromatic carbocycles. The second kappa shape index (κ2) is 8.90. The van der Waals surface area contributed by atoms with Crippen LogP contribution < -0.4 is 10.6 Å². The van der Waals surface area contributed by atoms with E-state index in [9.17, 15) is 4.39 Å². The van der Waals surface area contributed by atoms with Crippen molar-refractivity contribution < 1.29 is 4.39 Å². The Kier molecular flexibility index (Phi) is 6.34. The number of nitrogens with zero attached hydrogens (tertiary/aromatic N) is 3. The van der Waals surface area contributed by atoms with Gasteiger partial charge in [0.1, 0.15) is 11.5 Å². The van der Waals surface area contributed by atoms with Crippen LogP contribution in [0.25, 0.3) is 5.65 Å². The van der Waals surface area contributed by atoms with Gasteiger partial charge in [0.15, 0.2) is 5.96 Å². The van der Waals surface area contributed by atoms with Gasteiger partial charge in [-0.3, -0.25) is 4.99 Å². The number of aromatic nitrogens is 2. The Hall–Kier alpha value is -2.54. The lowest BCUT2D eigenvalue weighted by molar-refractivity contribution is 0.625. The molecule has 0 fully saturated rings. The third-order valence-electron chi connectivity index (χ3n) is 4.32. The van der Waals surface area contributed by atoms with E-state index < -0.39 is 0 Å². The van der Waals surface area contributed by atoms with Crippen LogP contribution in [0.3, 0.4) is 0 Å². The van der Waals surface area contributed by atoms with Crippen molar-refractivity contribution >= 4 is 23.4 Å². The van der Waals surface area contributed by atoms with Gasteiger partial charge in [-0.2, -0.15) is 11.8 Å². The number of aliphatic imine (C=N–C) groups is 1. The van der Waals surface area contributed by atoms with Crippen molar-refractivity contribution in [2.24, 2.45) is 4.99 Å². The quantitative estimate of drug-likeness (QED) is 0.504. The molecule has 0 saturated carbocycles. The molecule has 0 spiro atoms. The molecule has 0 saturated heterocycles. The molecule has 0 atom stereocenters. The summed E-state index contributed by atoms with van der Waals surface area (Å²) in [5.74, 6) is 1.26. The molecule has 0 aliphatic carbocycles. The molecule has 0 radical (unpaired) electrons. The summed E-state index contributed by atoms with van der Waals surface area (Å²) in [6.07, 6.45) is 4.04. The number of nitrogens with one attached hydrogen (secondary N) is 2. The van der Waals surface area contributed by atoms with Gasteiger partial charge in [-0.25, -0.2) is 9.37 Å². The maximum Gasteiger partial charge on any atom is 0.191 e. The SMILES string of the molecule is CN=C(NCc1cn2c(C)cccc2n1)NCc1ccc(F)cc1CSC. The summed E-state index contributed by atoms with van der Waals surface area (Å²) in [4.78, 5) is 8.88. The molecular formula is C20H24FN5S. The maximum absolute atomic E-state index is 13.5. The molecule has 0 bridgehead atoms. The molecule has 2 aromatic heterocycles. The van der Waals surface area contributed by atoms with Crippen molar-refractivity contribution in [3.63, 3.8) is 0 Å². The van der Waals surface area contributed by atoms with Gasteiger partial charge in [0.2, 0.25) is 0 Å². The molecule has 3 aromatic rings. The van der Waals surface area contributed by atoms with Gasteiger partial charge in [0, 0.05) is 31.2 Å². The Morgan fingerprint density at radius 3 is 2.74 bits per heavy atom. The van der Waals surface area contributed by atoms with Crippen molar-refractivity contribution in [1.82, 2.24) is 20.0 Å². The average molecular weight is 386 g/mol. The minimum atomic E-state index is -0.201. The Balaban J connectivity index is 1.62.